The van der Waals surface area contributed by atoms with Crippen molar-refractivity contribution < 1.29 is 4.79 Å². The van der Waals surface area contributed by atoms with E-state index < -0.39 is 0 Å². The van der Waals surface area contributed by atoms with Gasteiger partial charge in [-0.25, -0.2) is 4.98 Å². The molecular formula is C26H32N2O. The number of imidazole rings is 1. The maximum absolute atomic E-state index is 12.1. The predicted molar refractivity (Wildman–Crippen MR) is 116 cm³/mol. The van der Waals surface area contributed by atoms with Crippen LogP contribution in [0.1, 0.15) is 65.2 Å². The average molecular weight is 389 g/mol. The van der Waals surface area contributed by atoms with Crippen LogP contribution in [0.2, 0.25) is 0 Å². The largest absolute Gasteiger partial charge is 0.302 e. The number of hydrogen-bond donors (Lipinski definition) is 0. The molecule has 0 spiro atoms. The summed E-state index contributed by atoms with van der Waals surface area (Å²) in [6, 6.07) is 8.52. The summed E-state index contributed by atoms with van der Waals surface area (Å²) in [7, 11) is 0. The van der Waals surface area contributed by atoms with Gasteiger partial charge in [0, 0.05) is 24.0 Å². The molecule has 3 nitrogen and oxygen atoms in total. The first-order valence-corrected chi connectivity index (χ1v) is 11.7. The first kappa shape index (κ1) is 17.9. The number of allylic oxidation sites excluding steroid dienone is 2. The molecule has 6 atom stereocenters. The van der Waals surface area contributed by atoms with Crippen LogP contribution in [-0.4, -0.2) is 15.3 Å². The fourth-order valence-electron chi connectivity index (χ4n) is 8.11. The second-order valence-electron chi connectivity index (χ2n) is 10.8. The van der Waals surface area contributed by atoms with Gasteiger partial charge in [0.2, 0.25) is 0 Å². The third-order valence-corrected chi connectivity index (χ3v) is 9.73. The Morgan fingerprint density at radius 1 is 1.07 bits per heavy atom. The number of carbonyl (C=O) groups excluding carboxylic acids is 1. The van der Waals surface area contributed by atoms with Crippen LogP contribution in [0.5, 0.6) is 0 Å². The molecule has 0 amide bonds. The topological polar surface area (TPSA) is 34.9 Å². The third-order valence-electron chi connectivity index (χ3n) is 9.73. The molecule has 0 N–H and O–H groups in total. The highest BCUT2D eigenvalue weighted by molar-refractivity contribution is 5.80. The summed E-state index contributed by atoms with van der Waals surface area (Å²) in [6.07, 6.45) is 13.8. The van der Waals surface area contributed by atoms with Gasteiger partial charge in [-0.1, -0.05) is 32.1 Å². The van der Waals surface area contributed by atoms with Crippen molar-refractivity contribution in [1.82, 2.24) is 9.55 Å². The highest BCUT2D eigenvalue weighted by Crippen LogP contribution is 2.66. The number of ketones is 1. The van der Waals surface area contributed by atoms with E-state index in [1.54, 1.807) is 0 Å². The number of Topliss-reactive ketones (excluding diaryl/α,β-unsaturated/α-hetero) is 1. The highest BCUT2D eigenvalue weighted by Gasteiger charge is 2.58. The number of fused-ring (bicyclic) bond motifs is 6. The molecule has 3 heteroatoms. The second kappa shape index (κ2) is 6.06. The number of hydrogen-bond acceptors (Lipinski definition) is 2. The molecule has 3 saturated carbocycles. The van der Waals surface area contributed by atoms with Crippen molar-refractivity contribution >= 4 is 22.5 Å². The van der Waals surface area contributed by atoms with Crippen molar-refractivity contribution in [3.8, 4) is 0 Å². The predicted octanol–water partition coefficient (Wildman–Crippen LogP) is 6.10. The molecule has 152 valence electrons. The minimum atomic E-state index is 0.248. The molecule has 4 aliphatic carbocycles. The quantitative estimate of drug-likeness (QED) is 0.592. The Hall–Kier alpha value is -1.90. The number of nitrogens with zero attached hydrogens (tertiary/aromatic N) is 2. The van der Waals surface area contributed by atoms with E-state index in [2.05, 4.69) is 53.7 Å². The molecule has 0 radical (unpaired) electrons. The van der Waals surface area contributed by atoms with Crippen molar-refractivity contribution in [3.05, 3.63) is 36.7 Å². The van der Waals surface area contributed by atoms with Crippen molar-refractivity contribution in [1.29, 1.82) is 0 Å². The van der Waals surface area contributed by atoms with Gasteiger partial charge in [0.05, 0.1) is 11.0 Å². The molecule has 0 bridgehead atoms. The zero-order valence-corrected chi connectivity index (χ0v) is 17.7. The minimum Gasteiger partial charge on any atom is -0.302 e. The first-order chi connectivity index (χ1) is 14.0. The first-order valence-electron chi connectivity index (χ1n) is 11.7. The number of aromatic nitrogens is 2. The number of benzene rings is 1. The molecule has 3 fully saturated rings. The summed E-state index contributed by atoms with van der Waals surface area (Å²) in [4.78, 5) is 16.8. The lowest BCUT2D eigenvalue weighted by molar-refractivity contribution is -0.136. The normalized spacial score (nSPS) is 41.6. The summed E-state index contributed by atoms with van der Waals surface area (Å²) in [5.41, 5.74) is 4.46. The lowest BCUT2D eigenvalue weighted by Gasteiger charge is -2.60. The fraction of sp³-hybridized carbons (Fsp3) is 0.615. The van der Waals surface area contributed by atoms with E-state index >= 15 is 0 Å². The summed E-state index contributed by atoms with van der Waals surface area (Å²) in [5, 5.41) is 0. The molecule has 4 aliphatic rings. The van der Waals surface area contributed by atoms with Crippen LogP contribution in [-0.2, 0) is 4.79 Å². The van der Waals surface area contributed by atoms with E-state index in [-0.39, 0.29) is 5.41 Å². The number of carbonyl (C=O) groups is 1. The lowest BCUT2D eigenvalue weighted by Crippen LogP contribution is -2.53. The van der Waals surface area contributed by atoms with E-state index in [0.717, 1.165) is 42.5 Å². The number of para-hydroxylation sites is 2. The molecule has 1 aromatic heterocycles. The third kappa shape index (κ3) is 2.36. The van der Waals surface area contributed by atoms with E-state index in [9.17, 15) is 4.79 Å². The molecule has 2 aromatic rings. The second-order valence-corrected chi connectivity index (χ2v) is 10.8. The van der Waals surface area contributed by atoms with Gasteiger partial charge in [-0.05, 0) is 79.7 Å². The van der Waals surface area contributed by atoms with Crippen molar-refractivity contribution in [2.75, 3.05) is 0 Å². The van der Waals surface area contributed by atoms with Crippen LogP contribution in [0.3, 0.4) is 0 Å². The monoisotopic (exact) mass is 388 g/mol. The summed E-state index contributed by atoms with van der Waals surface area (Å²) >= 11 is 0. The molecule has 0 saturated heterocycles. The van der Waals surface area contributed by atoms with E-state index in [0.29, 0.717) is 17.1 Å². The van der Waals surface area contributed by atoms with Gasteiger partial charge >= 0.3 is 0 Å². The lowest BCUT2D eigenvalue weighted by atomic mass is 9.45. The van der Waals surface area contributed by atoms with Crippen LogP contribution in [0.15, 0.2) is 36.7 Å². The molecule has 1 heterocycles. The van der Waals surface area contributed by atoms with Crippen LogP contribution in [0.25, 0.3) is 16.7 Å². The van der Waals surface area contributed by atoms with Gasteiger partial charge in [0.25, 0.3) is 0 Å². The minimum absolute atomic E-state index is 0.248. The molecule has 1 aromatic carbocycles. The Bertz CT molecular complexity index is 1020. The molecular weight excluding hydrogens is 356 g/mol. The Morgan fingerprint density at radius 3 is 2.83 bits per heavy atom. The van der Waals surface area contributed by atoms with Crippen molar-refractivity contribution in [3.63, 3.8) is 0 Å². The Morgan fingerprint density at radius 2 is 1.93 bits per heavy atom. The Balaban J connectivity index is 1.34. The van der Waals surface area contributed by atoms with Crippen molar-refractivity contribution in [2.45, 2.75) is 65.2 Å². The van der Waals surface area contributed by atoms with Crippen LogP contribution in [0.4, 0.5) is 0 Å². The highest BCUT2D eigenvalue weighted by atomic mass is 16.1. The van der Waals surface area contributed by atoms with Gasteiger partial charge in [0.15, 0.2) is 0 Å². The smallest absolute Gasteiger partial charge is 0.133 e. The molecule has 4 unspecified atom stereocenters. The van der Waals surface area contributed by atoms with Crippen LogP contribution < -0.4 is 0 Å². The van der Waals surface area contributed by atoms with E-state index in [1.165, 1.54) is 43.3 Å². The molecule has 0 aliphatic heterocycles. The maximum Gasteiger partial charge on any atom is 0.133 e. The van der Waals surface area contributed by atoms with Crippen molar-refractivity contribution in [2.24, 2.45) is 34.5 Å². The summed E-state index contributed by atoms with van der Waals surface area (Å²) < 4.78 is 2.38. The zero-order valence-electron chi connectivity index (χ0n) is 17.7. The fourth-order valence-corrected chi connectivity index (χ4v) is 8.11. The van der Waals surface area contributed by atoms with Gasteiger partial charge in [-0.15, -0.1) is 0 Å². The van der Waals surface area contributed by atoms with E-state index in [4.69, 9.17) is 0 Å². The molecule has 29 heavy (non-hydrogen) atoms. The standard InChI is InChI=1S/C26H32N2O/c1-25-13-11-18(29)15-17(25)7-8-19-20-9-10-24(26(20,2)14-12-21(19)25)28-16-27-22-5-3-4-6-23(22)28/h3-6,10,16-17,19-21H,7-9,11-15H2,1-2H3/t17?,19?,20?,21?,25-,26-/m0/s1. The number of rotatable bonds is 1. The van der Waals surface area contributed by atoms with Crippen LogP contribution >= 0.6 is 0 Å². The average Bonchev–Trinajstić information content (AvgIpc) is 3.29. The van der Waals surface area contributed by atoms with Gasteiger partial charge in [-0.3, -0.25) is 4.79 Å². The Labute approximate surface area is 173 Å². The zero-order chi connectivity index (χ0) is 19.8. The summed E-state index contributed by atoms with van der Waals surface area (Å²) in [6.45, 7) is 5.07. The van der Waals surface area contributed by atoms with E-state index in [1.807, 2.05) is 6.33 Å². The Kier molecular flexibility index (Phi) is 3.74. The SMILES string of the molecule is C[C@]12CCC(=O)CC1CCC1C2CC[C@]2(C)C(n3cnc4ccccc43)=CCC12. The summed E-state index contributed by atoms with van der Waals surface area (Å²) in [5.74, 6) is 3.52. The van der Waals surface area contributed by atoms with Crippen LogP contribution in [0, 0.1) is 34.5 Å². The van der Waals surface area contributed by atoms with Gasteiger partial charge < -0.3 is 4.57 Å². The molecule has 6 rings (SSSR count). The van der Waals surface area contributed by atoms with Gasteiger partial charge in [0.1, 0.15) is 12.1 Å². The van der Waals surface area contributed by atoms with Gasteiger partial charge in [-0.2, -0.15) is 0 Å². The maximum atomic E-state index is 12.1.